The van der Waals surface area contributed by atoms with Gasteiger partial charge in [-0.05, 0) is 24.0 Å². The smallest absolute Gasteiger partial charge is 0.0387 e. The van der Waals surface area contributed by atoms with E-state index >= 15 is 0 Å². The molecule has 0 aliphatic heterocycles. The molecule has 1 heteroatoms. The Morgan fingerprint density at radius 3 is 1.95 bits per heavy atom. The average Bonchev–Trinajstić information content (AvgIpc) is 2.36. The van der Waals surface area contributed by atoms with Crippen molar-refractivity contribution in [2.75, 3.05) is 0 Å². The quantitative estimate of drug-likeness (QED) is 0.707. The molecule has 0 bridgehead atoms. The molecule has 106 valence electrons. The summed E-state index contributed by atoms with van der Waals surface area (Å²) in [5.41, 5.74) is 9.41. The summed E-state index contributed by atoms with van der Waals surface area (Å²) in [6, 6.07) is 10.0. The van der Waals surface area contributed by atoms with E-state index in [1.54, 1.807) is 0 Å². The molecule has 0 aliphatic carbocycles. The Kier molecular flexibility index (Phi) is 7.90. The number of hydrogen-bond donors (Lipinski definition) is 1. The second kappa shape index (κ2) is 8.58. The molecule has 2 N–H and O–H groups in total. The zero-order chi connectivity index (χ0) is 14.9. The highest BCUT2D eigenvalue weighted by atomic mass is 14.6. The van der Waals surface area contributed by atoms with E-state index in [2.05, 4.69) is 47.6 Å². The van der Waals surface area contributed by atoms with Crippen molar-refractivity contribution < 1.29 is 0 Å². The maximum Gasteiger partial charge on any atom is 0.0387 e. The van der Waals surface area contributed by atoms with Gasteiger partial charge in [0, 0.05) is 5.70 Å². The fourth-order valence-corrected chi connectivity index (χ4v) is 1.19. The van der Waals surface area contributed by atoms with Crippen molar-refractivity contribution in [1.82, 2.24) is 0 Å². The molecule has 0 amide bonds. The van der Waals surface area contributed by atoms with Gasteiger partial charge in [-0.25, -0.2) is 0 Å². The Labute approximate surface area is 119 Å². The minimum atomic E-state index is 0.202. The van der Waals surface area contributed by atoms with Crippen LogP contribution < -0.4 is 5.73 Å². The SMILES string of the molecule is C/C(=C\C=C(/N)c1ccccc1)C(C)(C)C.CCC. The van der Waals surface area contributed by atoms with Crippen molar-refractivity contribution in [3.8, 4) is 0 Å². The van der Waals surface area contributed by atoms with Gasteiger partial charge in [-0.2, -0.15) is 0 Å². The summed E-state index contributed by atoms with van der Waals surface area (Å²) in [5, 5.41) is 0. The van der Waals surface area contributed by atoms with Gasteiger partial charge >= 0.3 is 0 Å². The summed E-state index contributed by atoms with van der Waals surface area (Å²) in [5.74, 6) is 0. The molecule has 0 fully saturated rings. The molecule has 0 aliphatic rings. The highest BCUT2D eigenvalue weighted by Gasteiger charge is 2.11. The van der Waals surface area contributed by atoms with E-state index in [1.165, 1.54) is 12.0 Å². The number of hydrogen-bond acceptors (Lipinski definition) is 1. The van der Waals surface area contributed by atoms with Gasteiger partial charge in [0.15, 0.2) is 0 Å². The lowest BCUT2D eigenvalue weighted by Crippen LogP contribution is -2.06. The Morgan fingerprint density at radius 2 is 1.53 bits per heavy atom. The predicted molar refractivity (Wildman–Crippen MR) is 87.8 cm³/mol. The molecule has 0 saturated heterocycles. The first-order valence-electron chi connectivity index (χ1n) is 7.02. The van der Waals surface area contributed by atoms with Gasteiger partial charge in [0.05, 0.1) is 0 Å². The van der Waals surface area contributed by atoms with Crippen molar-refractivity contribution >= 4 is 5.70 Å². The van der Waals surface area contributed by atoms with Crippen molar-refractivity contribution in [3.63, 3.8) is 0 Å². The van der Waals surface area contributed by atoms with E-state index in [0.717, 1.165) is 11.3 Å². The molecule has 0 heterocycles. The van der Waals surface area contributed by atoms with Gasteiger partial charge in [-0.3, -0.25) is 0 Å². The van der Waals surface area contributed by atoms with Gasteiger partial charge in [0.1, 0.15) is 0 Å². The van der Waals surface area contributed by atoms with Crippen LogP contribution in [0.25, 0.3) is 5.70 Å². The number of allylic oxidation sites excluding steroid dienone is 3. The van der Waals surface area contributed by atoms with Crippen LogP contribution in [0.4, 0.5) is 0 Å². The maximum absolute atomic E-state index is 6.00. The summed E-state index contributed by atoms with van der Waals surface area (Å²) in [6.07, 6.45) is 5.33. The van der Waals surface area contributed by atoms with E-state index < -0.39 is 0 Å². The molecule has 19 heavy (non-hydrogen) atoms. The van der Waals surface area contributed by atoms with E-state index in [0.29, 0.717) is 0 Å². The normalized spacial score (nSPS) is 12.7. The Bertz CT molecular complexity index is 405. The standard InChI is InChI=1S/C15H21N.C3H8/c1-12(15(2,3)4)10-11-14(16)13-8-6-5-7-9-13;1-3-2/h5-11H,16H2,1-4H3;3H2,1-2H3/b12-10+,14-11-;. The molecule has 0 aromatic heterocycles. The number of benzene rings is 1. The summed E-state index contributed by atoms with van der Waals surface area (Å²) in [7, 11) is 0. The van der Waals surface area contributed by atoms with Gasteiger partial charge in [0.2, 0.25) is 0 Å². The molecule has 1 aromatic carbocycles. The zero-order valence-electron chi connectivity index (χ0n) is 13.3. The van der Waals surface area contributed by atoms with E-state index in [-0.39, 0.29) is 5.41 Å². The van der Waals surface area contributed by atoms with Crippen LogP contribution in [0.2, 0.25) is 0 Å². The van der Waals surface area contributed by atoms with E-state index in [9.17, 15) is 0 Å². The van der Waals surface area contributed by atoms with Crippen molar-refractivity contribution in [3.05, 3.63) is 53.6 Å². The van der Waals surface area contributed by atoms with E-state index in [1.807, 2.05) is 36.4 Å². The van der Waals surface area contributed by atoms with Crippen LogP contribution in [-0.4, -0.2) is 0 Å². The Balaban J connectivity index is 0.000000982. The van der Waals surface area contributed by atoms with Gasteiger partial charge in [-0.15, -0.1) is 0 Å². The summed E-state index contributed by atoms with van der Waals surface area (Å²) in [4.78, 5) is 0. The molecule has 0 unspecified atom stereocenters. The van der Waals surface area contributed by atoms with Crippen LogP contribution in [0.1, 0.15) is 53.5 Å². The molecular weight excluding hydrogens is 230 g/mol. The fraction of sp³-hybridized carbons (Fsp3) is 0.444. The monoisotopic (exact) mass is 259 g/mol. The lowest BCUT2D eigenvalue weighted by Gasteiger charge is -2.18. The number of nitrogens with two attached hydrogens (primary N) is 1. The van der Waals surface area contributed by atoms with Crippen LogP contribution >= 0.6 is 0 Å². The van der Waals surface area contributed by atoms with Crippen LogP contribution in [0, 0.1) is 5.41 Å². The summed E-state index contributed by atoms with van der Waals surface area (Å²) >= 11 is 0. The largest absolute Gasteiger partial charge is 0.398 e. The fourth-order valence-electron chi connectivity index (χ4n) is 1.19. The lowest BCUT2D eigenvalue weighted by atomic mass is 9.87. The Morgan fingerprint density at radius 1 is 1.05 bits per heavy atom. The molecule has 1 rings (SSSR count). The van der Waals surface area contributed by atoms with Crippen molar-refractivity contribution in [1.29, 1.82) is 0 Å². The van der Waals surface area contributed by atoms with Gasteiger partial charge in [-0.1, -0.05) is 83.0 Å². The molecule has 1 aromatic rings. The third-order valence-electron chi connectivity index (χ3n) is 2.80. The molecule has 0 spiro atoms. The van der Waals surface area contributed by atoms with Gasteiger partial charge < -0.3 is 5.73 Å². The van der Waals surface area contributed by atoms with E-state index in [4.69, 9.17) is 5.73 Å². The summed E-state index contributed by atoms with van der Waals surface area (Å²) in [6.45, 7) is 13.0. The molecule has 0 radical (unpaired) electrons. The zero-order valence-corrected chi connectivity index (χ0v) is 13.3. The van der Waals surface area contributed by atoms with Crippen LogP contribution in [0.3, 0.4) is 0 Å². The van der Waals surface area contributed by atoms with Crippen molar-refractivity contribution in [2.24, 2.45) is 11.1 Å². The topological polar surface area (TPSA) is 26.0 Å². The minimum absolute atomic E-state index is 0.202. The minimum Gasteiger partial charge on any atom is -0.398 e. The average molecular weight is 259 g/mol. The highest BCUT2D eigenvalue weighted by molar-refractivity contribution is 5.64. The molecular formula is C18H29N. The van der Waals surface area contributed by atoms with Crippen LogP contribution in [0.5, 0.6) is 0 Å². The molecule has 1 nitrogen and oxygen atoms in total. The van der Waals surface area contributed by atoms with Crippen molar-refractivity contribution in [2.45, 2.75) is 48.0 Å². The second-order valence-corrected chi connectivity index (χ2v) is 5.79. The highest BCUT2D eigenvalue weighted by Crippen LogP contribution is 2.24. The number of rotatable bonds is 2. The third-order valence-corrected chi connectivity index (χ3v) is 2.80. The molecule has 0 atom stereocenters. The lowest BCUT2D eigenvalue weighted by molar-refractivity contribution is 0.504. The third kappa shape index (κ3) is 7.50. The maximum atomic E-state index is 6.00. The van der Waals surface area contributed by atoms with Crippen LogP contribution in [0.15, 0.2) is 48.1 Å². The first-order valence-corrected chi connectivity index (χ1v) is 7.02. The second-order valence-electron chi connectivity index (χ2n) is 5.79. The predicted octanol–water partition coefficient (Wildman–Crippen LogP) is 5.39. The van der Waals surface area contributed by atoms with Crippen LogP contribution in [-0.2, 0) is 0 Å². The first-order chi connectivity index (χ1) is 8.82. The summed E-state index contributed by atoms with van der Waals surface area (Å²) < 4.78 is 0. The Hall–Kier alpha value is -1.50. The molecule has 0 saturated carbocycles. The first kappa shape index (κ1) is 17.5. The van der Waals surface area contributed by atoms with Gasteiger partial charge in [0.25, 0.3) is 0 Å².